The van der Waals surface area contributed by atoms with Crippen molar-refractivity contribution in [1.82, 2.24) is 0 Å². The van der Waals surface area contributed by atoms with E-state index < -0.39 is 0 Å². The van der Waals surface area contributed by atoms with E-state index in [-0.39, 0.29) is 0 Å². The van der Waals surface area contributed by atoms with Gasteiger partial charge >= 0.3 is 0 Å². The Balaban J connectivity index is 2.56. The number of hydrogen-bond donors (Lipinski definition) is 0. The predicted molar refractivity (Wildman–Crippen MR) is 76.3 cm³/mol. The first-order valence-electron chi connectivity index (χ1n) is 7.01. The third-order valence-corrected chi connectivity index (χ3v) is 3.29. The third-order valence-electron chi connectivity index (χ3n) is 3.29. The molecule has 1 aromatic carbocycles. The molecule has 2 heteroatoms. The Morgan fingerprint density at radius 1 is 0.833 bits per heavy atom. The van der Waals surface area contributed by atoms with E-state index in [1.165, 1.54) is 0 Å². The van der Waals surface area contributed by atoms with Crippen LogP contribution < -0.4 is 9.47 Å². The largest absolute Gasteiger partial charge is 0.489 e. The van der Waals surface area contributed by atoms with Gasteiger partial charge in [0.05, 0.1) is 13.2 Å². The Kier molecular flexibility index (Phi) is 6.63. The zero-order valence-corrected chi connectivity index (χ0v) is 12.1. The SMILES string of the molecule is CCC(C)COc1ccccc1OCC(C)CC. The minimum Gasteiger partial charge on any atom is -0.489 e. The summed E-state index contributed by atoms with van der Waals surface area (Å²) in [7, 11) is 0. The zero-order valence-electron chi connectivity index (χ0n) is 12.1. The van der Waals surface area contributed by atoms with Gasteiger partial charge in [0.2, 0.25) is 0 Å². The quantitative estimate of drug-likeness (QED) is 0.674. The molecule has 0 heterocycles. The minimum absolute atomic E-state index is 0.577. The molecule has 1 aromatic rings. The number of hydrogen-bond acceptors (Lipinski definition) is 2. The van der Waals surface area contributed by atoms with Crippen molar-refractivity contribution < 1.29 is 9.47 Å². The summed E-state index contributed by atoms with van der Waals surface area (Å²) in [5, 5.41) is 0. The zero-order chi connectivity index (χ0) is 13.4. The lowest BCUT2D eigenvalue weighted by Gasteiger charge is -2.16. The standard InChI is InChI=1S/C16H26O2/c1-5-13(3)11-17-15-9-7-8-10-16(15)18-12-14(4)6-2/h7-10,13-14H,5-6,11-12H2,1-4H3. The summed E-state index contributed by atoms with van der Waals surface area (Å²) >= 11 is 0. The van der Waals surface area contributed by atoms with E-state index in [4.69, 9.17) is 9.47 Å². The second kappa shape index (κ2) is 8.02. The Morgan fingerprint density at radius 2 is 1.22 bits per heavy atom. The average molecular weight is 250 g/mol. The van der Waals surface area contributed by atoms with Crippen molar-refractivity contribution in [3.05, 3.63) is 24.3 Å². The number of para-hydroxylation sites is 2. The molecule has 0 aliphatic carbocycles. The summed E-state index contributed by atoms with van der Waals surface area (Å²) in [6, 6.07) is 7.94. The molecule has 0 amide bonds. The van der Waals surface area contributed by atoms with Crippen molar-refractivity contribution in [2.75, 3.05) is 13.2 Å². The molecule has 0 aliphatic heterocycles. The van der Waals surface area contributed by atoms with Gasteiger partial charge in [-0.2, -0.15) is 0 Å². The first-order valence-corrected chi connectivity index (χ1v) is 7.01. The lowest BCUT2D eigenvalue weighted by atomic mass is 10.1. The topological polar surface area (TPSA) is 18.5 Å². The van der Waals surface area contributed by atoms with E-state index in [2.05, 4.69) is 27.7 Å². The Labute approximate surface area is 111 Å². The molecule has 2 atom stereocenters. The maximum Gasteiger partial charge on any atom is 0.161 e. The molecular formula is C16H26O2. The van der Waals surface area contributed by atoms with E-state index in [1.54, 1.807) is 0 Å². The Bertz CT molecular complexity index is 303. The van der Waals surface area contributed by atoms with Gasteiger partial charge in [0.15, 0.2) is 11.5 Å². The van der Waals surface area contributed by atoms with Crippen LogP contribution in [0.5, 0.6) is 11.5 Å². The second-order valence-corrected chi connectivity index (χ2v) is 5.10. The molecule has 2 nitrogen and oxygen atoms in total. The van der Waals surface area contributed by atoms with Crippen LogP contribution in [-0.4, -0.2) is 13.2 Å². The maximum atomic E-state index is 5.83. The van der Waals surface area contributed by atoms with E-state index in [9.17, 15) is 0 Å². The fraction of sp³-hybridized carbons (Fsp3) is 0.625. The summed E-state index contributed by atoms with van der Waals surface area (Å²) in [5.74, 6) is 2.88. The maximum absolute atomic E-state index is 5.83. The molecule has 0 spiro atoms. The molecule has 0 N–H and O–H groups in total. The molecule has 0 radical (unpaired) electrons. The van der Waals surface area contributed by atoms with E-state index in [0.717, 1.165) is 37.6 Å². The normalized spacial score (nSPS) is 14.0. The summed E-state index contributed by atoms with van der Waals surface area (Å²) in [4.78, 5) is 0. The van der Waals surface area contributed by atoms with Crippen molar-refractivity contribution in [2.24, 2.45) is 11.8 Å². The van der Waals surface area contributed by atoms with Crippen molar-refractivity contribution in [2.45, 2.75) is 40.5 Å². The van der Waals surface area contributed by atoms with Gasteiger partial charge in [-0.15, -0.1) is 0 Å². The van der Waals surface area contributed by atoms with Crippen LogP contribution in [0.25, 0.3) is 0 Å². The second-order valence-electron chi connectivity index (χ2n) is 5.10. The van der Waals surface area contributed by atoms with Crippen LogP contribution in [-0.2, 0) is 0 Å². The van der Waals surface area contributed by atoms with Crippen molar-refractivity contribution in [3.8, 4) is 11.5 Å². The van der Waals surface area contributed by atoms with Crippen LogP contribution in [0.4, 0.5) is 0 Å². The predicted octanol–water partition coefficient (Wildman–Crippen LogP) is 4.54. The molecule has 0 aliphatic rings. The summed E-state index contributed by atoms with van der Waals surface area (Å²) in [6.07, 6.45) is 2.27. The van der Waals surface area contributed by atoms with Crippen LogP contribution in [0, 0.1) is 11.8 Å². The van der Waals surface area contributed by atoms with Crippen LogP contribution in [0.3, 0.4) is 0 Å². The van der Waals surface area contributed by atoms with Gasteiger partial charge in [0.25, 0.3) is 0 Å². The van der Waals surface area contributed by atoms with Crippen LogP contribution >= 0.6 is 0 Å². The number of benzene rings is 1. The molecule has 1 rings (SSSR count). The average Bonchev–Trinajstić information content (AvgIpc) is 2.42. The van der Waals surface area contributed by atoms with Gasteiger partial charge in [0, 0.05) is 0 Å². The first kappa shape index (κ1) is 14.9. The fourth-order valence-electron chi connectivity index (χ4n) is 1.39. The summed E-state index contributed by atoms with van der Waals surface area (Å²) < 4.78 is 11.7. The monoisotopic (exact) mass is 250 g/mol. The molecule has 0 saturated heterocycles. The molecule has 0 fully saturated rings. The van der Waals surface area contributed by atoms with E-state index >= 15 is 0 Å². The van der Waals surface area contributed by atoms with Crippen molar-refractivity contribution in [1.29, 1.82) is 0 Å². The Hall–Kier alpha value is -1.18. The minimum atomic E-state index is 0.577. The Morgan fingerprint density at radius 3 is 1.56 bits per heavy atom. The highest BCUT2D eigenvalue weighted by molar-refractivity contribution is 5.39. The van der Waals surface area contributed by atoms with Crippen LogP contribution in [0.2, 0.25) is 0 Å². The third kappa shape index (κ3) is 4.99. The van der Waals surface area contributed by atoms with Crippen LogP contribution in [0.1, 0.15) is 40.5 Å². The molecular weight excluding hydrogens is 224 g/mol. The summed E-state index contributed by atoms with van der Waals surface area (Å²) in [5.41, 5.74) is 0. The molecule has 2 unspecified atom stereocenters. The fourth-order valence-corrected chi connectivity index (χ4v) is 1.39. The molecule has 0 saturated carbocycles. The van der Waals surface area contributed by atoms with Gasteiger partial charge in [-0.1, -0.05) is 52.7 Å². The smallest absolute Gasteiger partial charge is 0.161 e. The van der Waals surface area contributed by atoms with E-state index in [1.807, 2.05) is 24.3 Å². The van der Waals surface area contributed by atoms with E-state index in [0.29, 0.717) is 11.8 Å². The summed E-state index contributed by atoms with van der Waals surface area (Å²) in [6.45, 7) is 10.3. The number of rotatable bonds is 8. The van der Waals surface area contributed by atoms with Gasteiger partial charge in [-0.3, -0.25) is 0 Å². The van der Waals surface area contributed by atoms with Crippen LogP contribution in [0.15, 0.2) is 24.3 Å². The number of ether oxygens (including phenoxy) is 2. The molecule has 0 aromatic heterocycles. The molecule has 18 heavy (non-hydrogen) atoms. The lowest BCUT2D eigenvalue weighted by Crippen LogP contribution is -2.10. The lowest BCUT2D eigenvalue weighted by molar-refractivity contribution is 0.217. The first-order chi connectivity index (χ1) is 8.67. The highest BCUT2D eigenvalue weighted by Crippen LogP contribution is 2.27. The van der Waals surface area contributed by atoms with Gasteiger partial charge in [0.1, 0.15) is 0 Å². The highest BCUT2D eigenvalue weighted by Gasteiger charge is 2.07. The van der Waals surface area contributed by atoms with Gasteiger partial charge in [-0.05, 0) is 24.0 Å². The van der Waals surface area contributed by atoms with Gasteiger partial charge < -0.3 is 9.47 Å². The van der Waals surface area contributed by atoms with Crippen molar-refractivity contribution in [3.63, 3.8) is 0 Å². The highest BCUT2D eigenvalue weighted by atomic mass is 16.5. The van der Waals surface area contributed by atoms with Crippen molar-refractivity contribution >= 4 is 0 Å². The molecule has 102 valence electrons. The van der Waals surface area contributed by atoms with Gasteiger partial charge in [-0.25, -0.2) is 0 Å². The molecule has 0 bridgehead atoms.